The Hall–Kier alpha value is -3.56. The van der Waals surface area contributed by atoms with Crippen LogP contribution in [0.15, 0.2) is 60.0 Å². The largest absolute Gasteiger partial charge is 0.497 e. The minimum Gasteiger partial charge on any atom is -0.497 e. The van der Waals surface area contributed by atoms with Gasteiger partial charge in [0.2, 0.25) is 11.8 Å². The van der Waals surface area contributed by atoms with Crippen molar-refractivity contribution in [2.75, 3.05) is 25.7 Å². The van der Waals surface area contributed by atoms with E-state index in [-0.39, 0.29) is 18.1 Å². The van der Waals surface area contributed by atoms with Crippen LogP contribution in [0.25, 0.3) is 0 Å². The number of carbonyl (C=O) groups is 3. The van der Waals surface area contributed by atoms with Gasteiger partial charge in [0, 0.05) is 10.6 Å². The number of anilines is 1. The van der Waals surface area contributed by atoms with E-state index in [2.05, 4.69) is 10.6 Å². The number of methoxy groups -OCH3 is 2. The molecule has 0 radical (unpaired) electrons. The molecule has 3 aromatic rings. The molecule has 0 saturated heterocycles. The standard InChI is InChI=1S/C28H32ClN3O5S/c1-6-28(2,3)31-27(35)25(18-9-7-10-20(15-18)36-4)32(21-16-19(29)12-13-22(21)37-5)24(33)17-30-26(34)23-11-8-14-38-23/h7-16,25H,6,17H2,1-5H3,(H,30,34)(H,31,35)/t25-/m1/s1. The highest BCUT2D eigenvalue weighted by Gasteiger charge is 2.36. The van der Waals surface area contributed by atoms with E-state index in [4.69, 9.17) is 21.1 Å². The van der Waals surface area contributed by atoms with E-state index in [9.17, 15) is 14.4 Å². The Morgan fingerprint density at radius 1 is 1.05 bits per heavy atom. The predicted molar refractivity (Wildman–Crippen MR) is 150 cm³/mol. The minimum absolute atomic E-state index is 0.285. The average Bonchev–Trinajstić information content (AvgIpc) is 3.45. The molecule has 0 spiro atoms. The Bertz CT molecular complexity index is 1280. The summed E-state index contributed by atoms with van der Waals surface area (Å²) in [7, 11) is 2.99. The molecule has 202 valence electrons. The van der Waals surface area contributed by atoms with Crippen LogP contribution in [0.1, 0.15) is 48.5 Å². The molecule has 1 aromatic heterocycles. The summed E-state index contributed by atoms with van der Waals surface area (Å²) in [6.07, 6.45) is 0.662. The van der Waals surface area contributed by atoms with Gasteiger partial charge in [0.1, 0.15) is 17.5 Å². The Morgan fingerprint density at radius 2 is 1.82 bits per heavy atom. The molecule has 0 saturated carbocycles. The topological polar surface area (TPSA) is 97.0 Å². The van der Waals surface area contributed by atoms with Gasteiger partial charge in [-0.05, 0) is 67.6 Å². The maximum atomic E-state index is 13.9. The summed E-state index contributed by atoms with van der Waals surface area (Å²) < 4.78 is 11.0. The van der Waals surface area contributed by atoms with Crippen molar-refractivity contribution < 1.29 is 23.9 Å². The quantitative estimate of drug-likeness (QED) is 0.336. The molecule has 2 aromatic carbocycles. The molecule has 1 atom stereocenters. The van der Waals surface area contributed by atoms with Gasteiger partial charge in [-0.15, -0.1) is 11.3 Å². The minimum atomic E-state index is -1.13. The number of carbonyl (C=O) groups excluding carboxylic acids is 3. The van der Waals surface area contributed by atoms with Crippen LogP contribution in [-0.2, 0) is 9.59 Å². The number of nitrogens with zero attached hydrogens (tertiary/aromatic N) is 1. The number of rotatable bonds is 11. The molecule has 3 amide bonds. The van der Waals surface area contributed by atoms with Crippen LogP contribution >= 0.6 is 22.9 Å². The Morgan fingerprint density at radius 3 is 2.45 bits per heavy atom. The first-order chi connectivity index (χ1) is 18.1. The Labute approximate surface area is 231 Å². The molecule has 10 heteroatoms. The smallest absolute Gasteiger partial charge is 0.261 e. The van der Waals surface area contributed by atoms with Gasteiger partial charge in [0.25, 0.3) is 5.91 Å². The van der Waals surface area contributed by atoms with Gasteiger partial charge in [-0.1, -0.05) is 36.7 Å². The summed E-state index contributed by atoms with van der Waals surface area (Å²) in [5, 5.41) is 7.84. The van der Waals surface area contributed by atoms with Crippen molar-refractivity contribution in [3.8, 4) is 11.5 Å². The van der Waals surface area contributed by atoms with Gasteiger partial charge in [-0.2, -0.15) is 0 Å². The van der Waals surface area contributed by atoms with E-state index in [1.807, 2.05) is 20.8 Å². The molecule has 38 heavy (non-hydrogen) atoms. The number of hydrogen-bond donors (Lipinski definition) is 2. The summed E-state index contributed by atoms with van der Waals surface area (Å²) in [5.41, 5.74) is 0.246. The second-order valence-electron chi connectivity index (χ2n) is 9.15. The van der Waals surface area contributed by atoms with Crippen LogP contribution in [-0.4, -0.2) is 44.0 Å². The van der Waals surface area contributed by atoms with Gasteiger partial charge < -0.3 is 20.1 Å². The van der Waals surface area contributed by atoms with Gasteiger partial charge in [-0.3, -0.25) is 19.3 Å². The fourth-order valence-corrected chi connectivity index (χ4v) is 4.53. The molecular weight excluding hydrogens is 526 g/mol. The number of ether oxygens (including phenoxy) is 2. The van der Waals surface area contributed by atoms with E-state index in [1.54, 1.807) is 60.0 Å². The average molecular weight is 558 g/mol. The van der Waals surface area contributed by atoms with Crippen molar-refractivity contribution in [3.63, 3.8) is 0 Å². The summed E-state index contributed by atoms with van der Waals surface area (Å²) >= 11 is 7.61. The van der Waals surface area contributed by atoms with E-state index in [0.29, 0.717) is 33.4 Å². The fourth-order valence-electron chi connectivity index (χ4n) is 3.72. The summed E-state index contributed by atoms with van der Waals surface area (Å²) in [4.78, 5) is 42.3. The highest BCUT2D eigenvalue weighted by molar-refractivity contribution is 7.12. The SMILES string of the molecule is CCC(C)(C)NC(=O)[C@@H](c1cccc(OC)c1)N(C(=O)CNC(=O)c1cccs1)c1cc(Cl)ccc1OC. The molecule has 3 rings (SSSR count). The predicted octanol–water partition coefficient (Wildman–Crippen LogP) is 5.23. The highest BCUT2D eigenvalue weighted by atomic mass is 35.5. The second-order valence-corrected chi connectivity index (χ2v) is 10.5. The van der Waals surface area contributed by atoms with Crippen LogP contribution in [0.4, 0.5) is 5.69 Å². The molecule has 0 aliphatic rings. The van der Waals surface area contributed by atoms with Gasteiger partial charge >= 0.3 is 0 Å². The zero-order chi connectivity index (χ0) is 27.9. The second kappa shape index (κ2) is 12.8. The maximum Gasteiger partial charge on any atom is 0.261 e. The third-order valence-corrected chi connectivity index (χ3v) is 7.18. The number of thiophene rings is 1. The van der Waals surface area contributed by atoms with Crippen molar-refractivity contribution in [1.29, 1.82) is 0 Å². The molecule has 1 heterocycles. The van der Waals surface area contributed by atoms with E-state index < -0.39 is 23.4 Å². The molecule has 0 unspecified atom stereocenters. The number of amides is 3. The first-order valence-corrected chi connectivity index (χ1v) is 13.3. The molecule has 0 aliphatic heterocycles. The highest BCUT2D eigenvalue weighted by Crippen LogP contribution is 2.38. The molecule has 2 N–H and O–H groups in total. The van der Waals surface area contributed by atoms with Crippen molar-refractivity contribution in [3.05, 3.63) is 75.4 Å². The molecule has 0 aliphatic carbocycles. The zero-order valence-electron chi connectivity index (χ0n) is 22.0. The van der Waals surface area contributed by atoms with Gasteiger partial charge in [0.15, 0.2) is 0 Å². The van der Waals surface area contributed by atoms with Gasteiger partial charge in [-0.25, -0.2) is 0 Å². The van der Waals surface area contributed by atoms with Crippen LogP contribution in [0, 0.1) is 0 Å². The lowest BCUT2D eigenvalue weighted by Crippen LogP contribution is -2.52. The van der Waals surface area contributed by atoms with Crippen molar-refractivity contribution in [2.45, 2.75) is 38.8 Å². The van der Waals surface area contributed by atoms with Crippen LogP contribution < -0.4 is 25.0 Å². The summed E-state index contributed by atoms with van der Waals surface area (Å²) in [6, 6.07) is 14.0. The summed E-state index contributed by atoms with van der Waals surface area (Å²) in [5.74, 6) is -0.479. The number of halogens is 1. The van der Waals surface area contributed by atoms with Gasteiger partial charge in [0.05, 0.1) is 31.3 Å². The molecule has 8 nitrogen and oxygen atoms in total. The van der Waals surface area contributed by atoms with Crippen molar-refractivity contribution >= 4 is 46.3 Å². The number of benzene rings is 2. The first kappa shape index (κ1) is 29.0. The lowest BCUT2D eigenvalue weighted by atomic mass is 9.98. The van der Waals surface area contributed by atoms with E-state index >= 15 is 0 Å². The van der Waals surface area contributed by atoms with Crippen molar-refractivity contribution in [2.24, 2.45) is 0 Å². The van der Waals surface area contributed by atoms with Crippen LogP contribution in [0.3, 0.4) is 0 Å². The monoisotopic (exact) mass is 557 g/mol. The summed E-state index contributed by atoms with van der Waals surface area (Å²) in [6.45, 7) is 5.41. The maximum absolute atomic E-state index is 13.9. The van der Waals surface area contributed by atoms with E-state index in [1.165, 1.54) is 30.5 Å². The first-order valence-electron chi connectivity index (χ1n) is 12.0. The number of hydrogen-bond acceptors (Lipinski definition) is 6. The molecule has 0 fully saturated rings. The normalized spacial score (nSPS) is 11.8. The van der Waals surface area contributed by atoms with E-state index in [0.717, 1.165) is 0 Å². The Balaban J connectivity index is 2.14. The lowest BCUT2D eigenvalue weighted by molar-refractivity contribution is -0.127. The zero-order valence-corrected chi connectivity index (χ0v) is 23.6. The molecular formula is C28H32ClN3O5S. The third-order valence-electron chi connectivity index (χ3n) is 6.08. The number of nitrogens with one attached hydrogen (secondary N) is 2. The Kier molecular flexibility index (Phi) is 9.77. The van der Waals surface area contributed by atoms with Crippen LogP contribution in [0.2, 0.25) is 5.02 Å². The van der Waals surface area contributed by atoms with Crippen LogP contribution in [0.5, 0.6) is 11.5 Å². The lowest BCUT2D eigenvalue weighted by Gasteiger charge is -2.35. The third kappa shape index (κ3) is 7.05. The van der Waals surface area contributed by atoms with Crippen molar-refractivity contribution in [1.82, 2.24) is 10.6 Å². The fraction of sp³-hybridized carbons (Fsp3) is 0.321. The molecule has 0 bridgehead atoms.